The maximum absolute atomic E-state index is 11.0. The molecule has 1 heterocycles. The first-order valence-electron chi connectivity index (χ1n) is 4.28. The lowest BCUT2D eigenvalue weighted by atomic mass is 10.1. The lowest BCUT2D eigenvalue weighted by molar-refractivity contribution is 0.169. The third kappa shape index (κ3) is 4.60. The summed E-state index contributed by atoms with van der Waals surface area (Å²) in [4.78, 5) is 0. The average Bonchev–Trinajstić information content (AvgIpc) is 2.70. The highest BCUT2D eigenvalue weighted by Crippen LogP contribution is 2.18. The van der Waals surface area contributed by atoms with Gasteiger partial charge in [0.15, 0.2) is 0 Å². The van der Waals surface area contributed by atoms with Gasteiger partial charge in [0.2, 0.25) is 10.0 Å². The molecule has 0 amide bonds. The van der Waals surface area contributed by atoms with Crippen molar-refractivity contribution in [1.82, 2.24) is 4.72 Å². The maximum atomic E-state index is 11.0. The first-order valence-corrected chi connectivity index (χ1v) is 8.00. The molecule has 0 aliphatic heterocycles. The van der Waals surface area contributed by atoms with Crippen LogP contribution in [0, 0.1) is 0 Å². The molecule has 0 saturated heterocycles. The van der Waals surface area contributed by atoms with Gasteiger partial charge < -0.3 is 5.11 Å². The molecule has 0 fully saturated rings. The van der Waals surface area contributed by atoms with E-state index in [1.807, 2.05) is 16.8 Å². The second-order valence-corrected chi connectivity index (χ2v) is 6.87. The Kier molecular flexibility index (Phi) is 5.20. The van der Waals surface area contributed by atoms with Crippen molar-refractivity contribution in [1.29, 1.82) is 0 Å². The lowest BCUT2D eigenvalue weighted by Gasteiger charge is -2.09. The number of nitrogens with one attached hydrogen (secondary N) is 1. The molecular weight excluding hydrogens is 302 g/mol. The van der Waals surface area contributed by atoms with Gasteiger partial charge in [0.25, 0.3) is 0 Å². The molecule has 7 heteroatoms. The normalized spacial score (nSPS) is 14.0. The van der Waals surface area contributed by atoms with Crippen LogP contribution in [0.3, 0.4) is 0 Å². The number of hydrogen-bond acceptors (Lipinski definition) is 4. The second kappa shape index (κ2) is 5.95. The van der Waals surface area contributed by atoms with Crippen molar-refractivity contribution in [2.45, 2.75) is 12.5 Å². The standard InChI is InChI=1S/C8H12BrNO3S2/c9-6-15(12,13)10-3-1-8(11)7-2-4-14-5-7/h2,4-5,8,10-11H,1,3,6H2. The van der Waals surface area contributed by atoms with Crippen molar-refractivity contribution in [2.75, 3.05) is 11.2 Å². The van der Waals surface area contributed by atoms with E-state index in [4.69, 9.17) is 0 Å². The molecule has 1 aromatic rings. The van der Waals surface area contributed by atoms with E-state index in [2.05, 4.69) is 20.7 Å². The van der Waals surface area contributed by atoms with E-state index in [1.54, 1.807) is 0 Å². The Hall–Kier alpha value is 0.0500. The minimum Gasteiger partial charge on any atom is -0.388 e. The van der Waals surface area contributed by atoms with Crippen LogP contribution in [0.25, 0.3) is 0 Å². The zero-order chi connectivity index (χ0) is 11.3. The molecule has 1 unspecified atom stereocenters. The van der Waals surface area contributed by atoms with Crippen molar-refractivity contribution >= 4 is 37.3 Å². The summed E-state index contributed by atoms with van der Waals surface area (Å²) < 4.78 is 24.3. The van der Waals surface area contributed by atoms with E-state index in [0.717, 1.165) is 5.56 Å². The molecule has 0 spiro atoms. The van der Waals surface area contributed by atoms with Gasteiger partial charge in [-0.15, -0.1) is 0 Å². The number of rotatable bonds is 6. The Morgan fingerprint density at radius 1 is 1.60 bits per heavy atom. The predicted molar refractivity (Wildman–Crippen MR) is 64.6 cm³/mol. The highest BCUT2D eigenvalue weighted by molar-refractivity contribution is 9.10. The molecule has 1 atom stereocenters. The molecule has 0 saturated carbocycles. The van der Waals surface area contributed by atoms with Crippen LogP contribution in [0.2, 0.25) is 0 Å². The lowest BCUT2D eigenvalue weighted by Crippen LogP contribution is -2.26. The van der Waals surface area contributed by atoms with Gasteiger partial charge in [0, 0.05) is 6.54 Å². The highest BCUT2D eigenvalue weighted by atomic mass is 79.9. The molecule has 4 nitrogen and oxygen atoms in total. The summed E-state index contributed by atoms with van der Waals surface area (Å²) in [6.07, 6.45) is -0.225. The van der Waals surface area contributed by atoms with E-state index in [9.17, 15) is 13.5 Å². The molecule has 0 bridgehead atoms. The summed E-state index contributed by atoms with van der Waals surface area (Å²) in [7, 11) is -3.23. The van der Waals surface area contributed by atoms with Crippen molar-refractivity contribution in [3.8, 4) is 0 Å². The molecule has 0 radical (unpaired) electrons. The van der Waals surface area contributed by atoms with Gasteiger partial charge in [0.1, 0.15) is 4.66 Å². The van der Waals surface area contributed by atoms with E-state index >= 15 is 0 Å². The van der Waals surface area contributed by atoms with E-state index in [-0.39, 0.29) is 11.2 Å². The zero-order valence-corrected chi connectivity index (χ0v) is 11.1. The fourth-order valence-electron chi connectivity index (χ4n) is 1.02. The van der Waals surface area contributed by atoms with E-state index in [0.29, 0.717) is 6.42 Å². The quantitative estimate of drug-likeness (QED) is 0.781. The Balaban J connectivity index is 2.33. The number of hydrogen-bond donors (Lipinski definition) is 2. The summed E-state index contributed by atoms with van der Waals surface area (Å²) in [5.41, 5.74) is 0.832. The van der Waals surface area contributed by atoms with Crippen LogP contribution in [-0.4, -0.2) is 24.7 Å². The van der Waals surface area contributed by atoms with E-state index in [1.165, 1.54) is 11.3 Å². The molecule has 1 rings (SSSR count). The van der Waals surface area contributed by atoms with Crippen LogP contribution < -0.4 is 4.72 Å². The Bertz CT molecular complexity index is 377. The van der Waals surface area contributed by atoms with Crippen LogP contribution in [0.5, 0.6) is 0 Å². The third-order valence-corrected chi connectivity index (χ3v) is 5.25. The fraction of sp³-hybridized carbons (Fsp3) is 0.500. The number of sulfonamides is 1. The highest BCUT2D eigenvalue weighted by Gasteiger charge is 2.10. The molecular formula is C8H12BrNO3S2. The molecule has 86 valence electrons. The van der Waals surface area contributed by atoms with Gasteiger partial charge >= 0.3 is 0 Å². The maximum Gasteiger partial charge on any atom is 0.221 e. The molecule has 0 aromatic carbocycles. The van der Waals surface area contributed by atoms with E-state index < -0.39 is 16.1 Å². The summed E-state index contributed by atoms with van der Waals surface area (Å²) in [6.45, 7) is 0.241. The SMILES string of the molecule is O=S(=O)(CBr)NCCC(O)c1ccsc1. The van der Waals surface area contributed by atoms with Crippen LogP contribution in [-0.2, 0) is 10.0 Å². The van der Waals surface area contributed by atoms with Crippen LogP contribution in [0.15, 0.2) is 16.8 Å². The summed E-state index contributed by atoms with van der Waals surface area (Å²) in [5, 5.41) is 13.4. The molecule has 0 aliphatic carbocycles. The molecule has 1 aromatic heterocycles. The van der Waals surface area contributed by atoms with Gasteiger partial charge in [-0.1, -0.05) is 15.9 Å². The van der Waals surface area contributed by atoms with Crippen molar-refractivity contribution < 1.29 is 13.5 Å². The Labute approximate surface area is 102 Å². The van der Waals surface area contributed by atoms with Gasteiger partial charge in [-0.3, -0.25) is 0 Å². The van der Waals surface area contributed by atoms with Crippen molar-refractivity contribution in [2.24, 2.45) is 0 Å². The zero-order valence-electron chi connectivity index (χ0n) is 7.89. The van der Waals surface area contributed by atoms with Gasteiger partial charge in [-0.25, -0.2) is 13.1 Å². The first-order chi connectivity index (χ1) is 7.05. The monoisotopic (exact) mass is 313 g/mol. The number of alkyl halides is 1. The third-order valence-electron chi connectivity index (χ3n) is 1.81. The van der Waals surface area contributed by atoms with Gasteiger partial charge in [0.05, 0.1) is 6.10 Å². The van der Waals surface area contributed by atoms with Gasteiger partial charge in [-0.2, -0.15) is 11.3 Å². The number of aliphatic hydroxyl groups is 1. The largest absolute Gasteiger partial charge is 0.388 e. The number of thiophene rings is 1. The smallest absolute Gasteiger partial charge is 0.221 e. The molecule has 15 heavy (non-hydrogen) atoms. The van der Waals surface area contributed by atoms with Crippen LogP contribution in [0.4, 0.5) is 0 Å². The minimum absolute atomic E-state index is 0.117. The summed E-state index contributed by atoms with van der Waals surface area (Å²) in [5.74, 6) is 0. The Morgan fingerprint density at radius 3 is 2.87 bits per heavy atom. The first kappa shape index (κ1) is 13.1. The minimum atomic E-state index is -3.23. The molecule has 0 aliphatic rings. The summed E-state index contributed by atoms with van der Waals surface area (Å²) >= 11 is 4.37. The van der Waals surface area contributed by atoms with Crippen LogP contribution >= 0.6 is 27.3 Å². The topological polar surface area (TPSA) is 66.4 Å². The molecule has 2 N–H and O–H groups in total. The summed E-state index contributed by atoms with van der Waals surface area (Å²) in [6, 6.07) is 1.83. The average molecular weight is 314 g/mol. The van der Waals surface area contributed by atoms with Crippen molar-refractivity contribution in [3.05, 3.63) is 22.4 Å². The van der Waals surface area contributed by atoms with Crippen LogP contribution in [0.1, 0.15) is 18.1 Å². The Morgan fingerprint density at radius 2 is 2.33 bits per heavy atom. The predicted octanol–water partition coefficient (Wildman–Crippen LogP) is 1.44. The second-order valence-electron chi connectivity index (χ2n) is 2.98. The number of aliphatic hydroxyl groups excluding tert-OH is 1. The fourth-order valence-corrected chi connectivity index (χ4v) is 2.72. The van der Waals surface area contributed by atoms with Gasteiger partial charge in [-0.05, 0) is 28.8 Å². The number of halogens is 1. The van der Waals surface area contributed by atoms with Crippen molar-refractivity contribution in [3.63, 3.8) is 0 Å².